The molecule has 0 aromatic rings. The first-order valence-corrected chi connectivity index (χ1v) is 5.27. The van der Waals surface area contributed by atoms with Gasteiger partial charge in [0, 0.05) is 25.8 Å². The van der Waals surface area contributed by atoms with Crippen LogP contribution in [-0.2, 0) is 9.47 Å². The molecule has 1 rings (SSSR count). The van der Waals surface area contributed by atoms with Gasteiger partial charge < -0.3 is 14.8 Å². The summed E-state index contributed by atoms with van der Waals surface area (Å²) in [6, 6.07) is 0.461. The summed E-state index contributed by atoms with van der Waals surface area (Å²) in [5.74, 6) is 0. The van der Waals surface area contributed by atoms with Crippen molar-refractivity contribution in [2.24, 2.45) is 0 Å². The molecule has 1 aliphatic heterocycles. The van der Waals surface area contributed by atoms with Crippen LogP contribution in [0.2, 0.25) is 0 Å². The molecule has 1 N–H and O–H groups in total. The lowest BCUT2D eigenvalue weighted by Gasteiger charge is -2.19. The number of hydrogen-bond donors (Lipinski definition) is 1. The molecule has 3 heteroatoms. The van der Waals surface area contributed by atoms with E-state index in [9.17, 15) is 0 Å². The maximum Gasteiger partial charge on any atom is 0.0726 e. The molecule has 2 atom stereocenters. The molecule has 2 unspecified atom stereocenters. The van der Waals surface area contributed by atoms with E-state index < -0.39 is 0 Å². The van der Waals surface area contributed by atoms with E-state index in [-0.39, 0.29) is 0 Å². The Labute approximate surface area is 80.8 Å². The van der Waals surface area contributed by atoms with Crippen LogP contribution in [0.25, 0.3) is 0 Å². The van der Waals surface area contributed by atoms with Crippen LogP contribution in [0.5, 0.6) is 0 Å². The summed E-state index contributed by atoms with van der Waals surface area (Å²) in [6.07, 6.45) is 2.83. The third-order valence-electron chi connectivity index (χ3n) is 2.44. The van der Waals surface area contributed by atoms with Crippen LogP contribution in [0.3, 0.4) is 0 Å². The largest absolute Gasteiger partial charge is 0.380 e. The Morgan fingerprint density at radius 1 is 1.62 bits per heavy atom. The van der Waals surface area contributed by atoms with Gasteiger partial charge in [0.05, 0.1) is 12.7 Å². The maximum absolute atomic E-state index is 5.57. The van der Waals surface area contributed by atoms with Crippen molar-refractivity contribution in [3.05, 3.63) is 0 Å². The van der Waals surface area contributed by atoms with Crippen LogP contribution in [0.15, 0.2) is 0 Å². The summed E-state index contributed by atoms with van der Waals surface area (Å²) in [5, 5.41) is 3.41. The van der Waals surface area contributed by atoms with E-state index in [1.54, 1.807) is 0 Å². The first-order valence-electron chi connectivity index (χ1n) is 5.27. The monoisotopic (exact) mass is 187 g/mol. The van der Waals surface area contributed by atoms with Gasteiger partial charge >= 0.3 is 0 Å². The van der Waals surface area contributed by atoms with Crippen LogP contribution in [0.1, 0.15) is 26.7 Å². The highest BCUT2D eigenvalue weighted by molar-refractivity contribution is 4.76. The van der Waals surface area contributed by atoms with Gasteiger partial charge in [0.1, 0.15) is 0 Å². The molecule has 0 spiro atoms. The van der Waals surface area contributed by atoms with E-state index in [1.165, 1.54) is 12.8 Å². The topological polar surface area (TPSA) is 30.5 Å². The van der Waals surface area contributed by atoms with Crippen LogP contribution in [-0.4, -0.2) is 38.5 Å². The molecule has 0 aliphatic carbocycles. The molecule has 1 saturated heterocycles. The lowest BCUT2D eigenvalue weighted by atomic mass is 10.1. The summed E-state index contributed by atoms with van der Waals surface area (Å²) in [4.78, 5) is 0. The lowest BCUT2D eigenvalue weighted by Crippen LogP contribution is -2.38. The predicted octanol–water partition coefficient (Wildman–Crippen LogP) is 1.18. The second-order valence-electron chi connectivity index (χ2n) is 3.49. The van der Waals surface area contributed by atoms with E-state index in [0.717, 1.165) is 26.4 Å². The molecule has 0 radical (unpaired) electrons. The number of nitrogens with one attached hydrogen (secondary N) is 1. The Balaban J connectivity index is 1.99. The molecular weight excluding hydrogens is 166 g/mol. The third kappa shape index (κ3) is 4.07. The summed E-state index contributed by atoms with van der Waals surface area (Å²) in [6.45, 7) is 7.66. The minimum absolute atomic E-state index is 0.418. The highest BCUT2D eigenvalue weighted by Gasteiger charge is 2.21. The first kappa shape index (κ1) is 11.0. The second-order valence-corrected chi connectivity index (χ2v) is 3.49. The van der Waals surface area contributed by atoms with Gasteiger partial charge in [-0.3, -0.25) is 0 Å². The molecule has 3 nitrogen and oxygen atoms in total. The molecule has 0 bridgehead atoms. The Kier molecular flexibility index (Phi) is 5.35. The molecule has 1 fully saturated rings. The van der Waals surface area contributed by atoms with Gasteiger partial charge in [-0.1, -0.05) is 0 Å². The Morgan fingerprint density at radius 3 is 3.08 bits per heavy atom. The normalized spacial score (nSPS) is 24.9. The first-order chi connectivity index (χ1) is 6.34. The Bertz CT molecular complexity index is 124. The average Bonchev–Trinajstić information content (AvgIpc) is 2.65. The van der Waals surface area contributed by atoms with Gasteiger partial charge in [-0.15, -0.1) is 0 Å². The number of hydrogen-bond acceptors (Lipinski definition) is 3. The van der Waals surface area contributed by atoms with Crippen molar-refractivity contribution in [1.29, 1.82) is 0 Å². The van der Waals surface area contributed by atoms with E-state index >= 15 is 0 Å². The Morgan fingerprint density at radius 2 is 2.46 bits per heavy atom. The standard InChI is InChI=1S/C10H21NO2/c1-3-12-8-6-11-9(2)10-5-4-7-13-10/h9-11H,3-8H2,1-2H3. The zero-order valence-corrected chi connectivity index (χ0v) is 8.71. The van der Waals surface area contributed by atoms with Crippen molar-refractivity contribution in [2.75, 3.05) is 26.4 Å². The van der Waals surface area contributed by atoms with E-state index in [1.807, 2.05) is 6.92 Å². The minimum atomic E-state index is 0.418. The highest BCUT2D eigenvalue weighted by atomic mass is 16.5. The van der Waals surface area contributed by atoms with Crippen LogP contribution in [0.4, 0.5) is 0 Å². The molecular formula is C10H21NO2. The van der Waals surface area contributed by atoms with Gasteiger partial charge in [-0.2, -0.15) is 0 Å². The molecule has 0 saturated carbocycles. The van der Waals surface area contributed by atoms with Gasteiger partial charge in [0.25, 0.3) is 0 Å². The second kappa shape index (κ2) is 6.35. The van der Waals surface area contributed by atoms with Gasteiger partial charge in [-0.25, -0.2) is 0 Å². The molecule has 0 amide bonds. The maximum atomic E-state index is 5.57. The van der Waals surface area contributed by atoms with Crippen molar-refractivity contribution in [3.63, 3.8) is 0 Å². The molecule has 1 aliphatic rings. The fourth-order valence-electron chi connectivity index (χ4n) is 1.63. The average molecular weight is 187 g/mol. The quantitative estimate of drug-likeness (QED) is 0.633. The van der Waals surface area contributed by atoms with Gasteiger partial charge in [-0.05, 0) is 26.7 Å². The molecule has 0 aromatic carbocycles. The predicted molar refractivity (Wildman–Crippen MR) is 52.9 cm³/mol. The van der Waals surface area contributed by atoms with Crippen molar-refractivity contribution in [3.8, 4) is 0 Å². The fourth-order valence-corrected chi connectivity index (χ4v) is 1.63. The van der Waals surface area contributed by atoms with E-state index in [4.69, 9.17) is 9.47 Å². The number of ether oxygens (including phenoxy) is 2. The summed E-state index contributed by atoms with van der Waals surface area (Å²) < 4.78 is 10.8. The van der Waals surface area contributed by atoms with Crippen molar-refractivity contribution in [2.45, 2.75) is 38.8 Å². The van der Waals surface area contributed by atoms with Gasteiger partial charge in [0.2, 0.25) is 0 Å². The van der Waals surface area contributed by atoms with Crippen molar-refractivity contribution < 1.29 is 9.47 Å². The van der Waals surface area contributed by atoms with Crippen LogP contribution < -0.4 is 5.32 Å². The Hall–Kier alpha value is -0.120. The fraction of sp³-hybridized carbons (Fsp3) is 1.00. The lowest BCUT2D eigenvalue weighted by molar-refractivity contribution is 0.0781. The van der Waals surface area contributed by atoms with Crippen LogP contribution in [0, 0.1) is 0 Å². The summed E-state index contributed by atoms with van der Waals surface area (Å²) in [7, 11) is 0. The highest BCUT2D eigenvalue weighted by Crippen LogP contribution is 2.14. The number of rotatable bonds is 6. The summed E-state index contributed by atoms with van der Waals surface area (Å²) >= 11 is 0. The molecule has 13 heavy (non-hydrogen) atoms. The van der Waals surface area contributed by atoms with E-state index in [0.29, 0.717) is 12.1 Å². The summed E-state index contributed by atoms with van der Waals surface area (Å²) in [5.41, 5.74) is 0. The molecule has 0 aromatic heterocycles. The smallest absolute Gasteiger partial charge is 0.0726 e. The zero-order chi connectivity index (χ0) is 9.52. The molecule has 1 heterocycles. The SMILES string of the molecule is CCOCCNC(C)C1CCCO1. The van der Waals surface area contributed by atoms with Gasteiger partial charge in [0.15, 0.2) is 0 Å². The molecule has 78 valence electrons. The van der Waals surface area contributed by atoms with Crippen molar-refractivity contribution >= 4 is 0 Å². The van der Waals surface area contributed by atoms with E-state index in [2.05, 4.69) is 12.2 Å². The van der Waals surface area contributed by atoms with Crippen molar-refractivity contribution in [1.82, 2.24) is 5.32 Å². The minimum Gasteiger partial charge on any atom is -0.380 e. The third-order valence-corrected chi connectivity index (χ3v) is 2.44. The van der Waals surface area contributed by atoms with Crippen LogP contribution >= 0.6 is 0 Å². The zero-order valence-electron chi connectivity index (χ0n) is 8.71.